The summed E-state index contributed by atoms with van der Waals surface area (Å²) < 4.78 is 14.0. The summed E-state index contributed by atoms with van der Waals surface area (Å²) in [5, 5.41) is 4.64. The zero-order chi connectivity index (χ0) is 17.0. The van der Waals surface area contributed by atoms with Crippen LogP contribution >= 0.6 is 11.3 Å². The molecule has 0 unspecified atom stereocenters. The summed E-state index contributed by atoms with van der Waals surface area (Å²) in [5.41, 5.74) is 3.76. The largest absolute Gasteiger partial charge is 0.485 e. The maximum atomic E-state index is 5.87. The summed E-state index contributed by atoms with van der Waals surface area (Å²) in [5.74, 6) is 1.76. The summed E-state index contributed by atoms with van der Waals surface area (Å²) in [6, 6.07) is 15.8. The molecule has 0 spiro atoms. The second-order valence-electron chi connectivity index (χ2n) is 6.67. The summed E-state index contributed by atoms with van der Waals surface area (Å²) in [6.45, 7) is 5.72. The van der Waals surface area contributed by atoms with Gasteiger partial charge in [-0.05, 0) is 37.6 Å². The van der Waals surface area contributed by atoms with Gasteiger partial charge in [0.2, 0.25) is 0 Å². The molecule has 0 saturated carbocycles. The van der Waals surface area contributed by atoms with E-state index in [4.69, 9.17) is 9.47 Å². The summed E-state index contributed by atoms with van der Waals surface area (Å²) in [6.07, 6.45) is 0. The quantitative estimate of drug-likeness (QED) is 0.451. The van der Waals surface area contributed by atoms with E-state index in [1.54, 1.807) is 11.3 Å². The number of hydrogen-bond donors (Lipinski definition) is 0. The van der Waals surface area contributed by atoms with E-state index in [-0.39, 0.29) is 0 Å². The average molecular weight is 349 g/mol. The minimum absolute atomic E-state index is 0.416. The lowest BCUT2D eigenvalue weighted by molar-refractivity contribution is 0.174. The van der Waals surface area contributed by atoms with Crippen molar-refractivity contribution in [2.75, 3.05) is 13.2 Å². The molecule has 0 bridgehead atoms. The van der Waals surface area contributed by atoms with Gasteiger partial charge in [0.15, 0.2) is 11.5 Å². The van der Waals surface area contributed by atoms with Gasteiger partial charge in [0.1, 0.15) is 13.2 Å². The van der Waals surface area contributed by atoms with Crippen molar-refractivity contribution in [1.82, 2.24) is 4.57 Å². The van der Waals surface area contributed by atoms with Crippen LogP contribution in [0.2, 0.25) is 0 Å². The molecule has 0 atom stereocenters. The number of rotatable bonds is 2. The number of aromatic nitrogens is 1. The molecular formula is C21H19NO2S. The molecule has 25 heavy (non-hydrogen) atoms. The van der Waals surface area contributed by atoms with Crippen LogP contribution in [0.1, 0.15) is 19.9 Å². The molecule has 0 aliphatic carbocycles. The first-order valence-corrected chi connectivity index (χ1v) is 9.52. The third kappa shape index (κ3) is 2.17. The Hall–Kier alpha value is -2.46. The Labute approximate surface area is 150 Å². The minimum atomic E-state index is 0.416. The Morgan fingerprint density at radius 1 is 0.960 bits per heavy atom. The monoisotopic (exact) mass is 349 g/mol. The Morgan fingerprint density at radius 3 is 2.64 bits per heavy atom. The highest BCUT2D eigenvalue weighted by atomic mass is 32.1. The number of ether oxygens (including phenoxy) is 2. The van der Waals surface area contributed by atoms with Crippen LogP contribution in [0.4, 0.5) is 0 Å². The normalized spacial score (nSPS) is 13.9. The van der Waals surface area contributed by atoms with Crippen molar-refractivity contribution in [2.24, 2.45) is 0 Å². The number of fused-ring (bicyclic) bond motifs is 4. The molecule has 0 amide bonds. The van der Waals surface area contributed by atoms with Crippen molar-refractivity contribution >= 4 is 33.1 Å². The lowest BCUT2D eigenvalue weighted by atomic mass is 10.1. The van der Waals surface area contributed by atoms with Gasteiger partial charge >= 0.3 is 0 Å². The van der Waals surface area contributed by atoms with E-state index in [9.17, 15) is 0 Å². The number of para-hydroxylation sites is 1. The molecule has 0 fully saturated rings. The van der Waals surface area contributed by atoms with E-state index in [0.717, 1.165) is 16.4 Å². The molecule has 3 heterocycles. The zero-order valence-electron chi connectivity index (χ0n) is 14.3. The van der Waals surface area contributed by atoms with Crippen LogP contribution in [0.5, 0.6) is 11.5 Å². The van der Waals surface area contributed by atoms with Crippen molar-refractivity contribution in [1.29, 1.82) is 0 Å². The molecule has 0 N–H and O–H groups in total. The lowest BCUT2D eigenvalue weighted by Crippen LogP contribution is -2.14. The second kappa shape index (κ2) is 5.53. The Morgan fingerprint density at radius 2 is 1.76 bits per heavy atom. The Kier molecular flexibility index (Phi) is 3.28. The van der Waals surface area contributed by atoms with Crippen molar-refractivity contribution in [3.63, 3.8) is 0 Å². The third-order valence-corrected chi connectivity index (χ3v) is 5.78. The third-order valence-electron chi connectivity index (χ3n) is 4.79. The van der Waals surface area contributed by atoms with Crippen molar-refractivity contribution in [3.8, 4) is 21.9 Å². The van der Waals surface area contributed by atoms with Crippen LogP contribution in [-0.2, 0) is 0 Å². The maximum Gasteiger partial charge on any atom is 0.179 e. The smallest absolute Gasteiger partial charge is 0.179 e. The molecule has 4 aromatic rings. The van der Waals surface area contributed by atoms with E-state index in [2.05, 4.69) is 60.9 Å². The zero-order valence-corrected chi connectivity index (χ0v) is 15.1. The van der Waals surface area contributed by atoms with Crippen LogP contribution < -0.4 is 9.47 Å². The molecule has 2 aromatic heterocycles. The average Bonchev–Trinajstić information content (AvgIpc) is 3.20. The molecule has 0 radical (unpaired) electrons. The van der Waals surface area contributed by atoms with Crippen LogP contribution in [0.25, 0.3) is 32.2 Å². The van der Waals surface area contributed by atoms with Crippen LogP contribution in [0.3, 0.4) is 0 Å². The van der Waals surface area contributed by atoms with Gasteiger partial charge in [-0.15, -0.1) is 11.3 Å². The summed E-state index contributed by atoms with van der Waals surface area (Å²) in [4.78, 5) is 1.15. The standard InChI is InChI=1S/C21H19NO2S/c1-13(2)22-17-6-4-3-5-15(17)16-11-14(7-8-18(16)22)21-20-19(12-25-21)23-9-10-24-20/h3-8,11-13H,9-10H2,1-2H3. The van der Waals surface area contributed by atoms with Gasteiger partial charge in [-0.3, -0.25) is 0 Å². The highest BCUT2D eigenvalue weighted by Gasteiger charge is 2.21. The Balaban J connectivity index is 1.77. The Bertz CT molecular complexity index is 1090. The fourth-order valence-corrected chi connectivity index (χ4v) is 4.69. The van der Waals surface area contributed by atoms with E-state index in [0.29, 0.717) is 19.3 Å². The molecule has 4 heteroatoms. The van der Waals surface area contributed by atoms with Crippen LogP contribution in [0.15, 0.2) is 47.8 Å². The first kappa shape index (κ1) is 14.8. The first-order chi connectivity index (χ1) is 12.2. The maximum absolute atomic E-state index is 5.87. The van der Waals surface area contributed by atoms with E-state index >= 15 is 0 Å². The highest BCUT2D eigenvalue weighted by Crippen LogP contribution is 2.46. The van der Waals surface area contributed by atoms with Crippen molar-refractivity contribution in [2.45, 2.75) is 19.9 Å². The van der Waals surface area contributed by atoms with Crippen LogP contribution in [0, 0.1) is 0 Å². The van der Waals surface area contributed by atoms with E-state index in [1.165, 1.54) is 27.4 Å². The van der Waals surface area contributed by atoms with Gasteiger partial charge in [0, 0.05) is 33.2 Å². The fraction of sp³-hybridized carbons (Fsp3) is 0.238. The predicted molar refractivity (Wildman–Crippen MR) is 104 cm³/mol. The van der Waals surface area contributed by atoms with Gasteiger partial charge in [0.25, 0.3) is 0 Å². The van der Waals surface area contributed by atoms with Crippen LogP contribution in [-0.4, -0.2) is 17.8 Å². The van der Waals surface area contributed by atoms with Gasteiger partial charge in [-0.1, -0.05) is 24.3 Å². The number of nitrogens with zero attached hydrogens (tertiary/aromatic N) is 1. The van der Waals surface area contributed by atoms with Gasteiger partial charge in [-0.25, -0.2) is 0 Å². The molecule has 5 rings (SSSR count). The molecule has 1 aliphatic rings. The molecule has 126 valence electrons. The first-order valence-electron chi connectivity index (χ1n) is 8.64. The van der Waals surface area contributed by atoms with Gasteiger partial charge in [-0.2, -0.15) is 0 Å². The summed E-state index contributed by atoms with van der Waals surface area (Å²) in [7, 11) is 0. The minimum Gasteiger partial charge on any atom is -0.485 e. The molecular weight excluding hydrogens is 330 g/mol. The van der Waals surface area contributed by atoms with Gasteiger partial charge < -0.3 is 14.0 Å². The summed E-state index contributed by atoms with van der Waals surface area (Å²) >= 11 is 1.69. The number of benzene rings is 2. The molecule has 1 aliphatic heterocycles. The topological polar surface area (TPSA) is 23.4 Å². The SMILES string of the molecule is CC(C)n1c2ccccc2c2cc(-c3scc4c3OCCO4)ccc21. The second-order valence-corrected chi connectivity index (χ2v) is 7.55. The highest BCUT2D eigenvalue weighted by molar-refractivity contribution is 7.14. The molecule has 0 saturated heterocycles. The lowest BCUT2D eigenvalue weighted by Gasteiger charge is -2.16. The van der Waals surface area contributed by atoms with Crippen molar-refractivity contribution < 1.29 is 9.47 Å². The van der Waals surface area contributed by atoms with E-state index < -0.39 is 0 Å². The molecule has 3 nitrogen and oxygen atoms in total. The fourth-order valence-electron chi connectivity index (χ4n) is 3.76. The van der Waals surface area contributed by atoms with Crippen molar-refractivity contribution in [3.05, 3.63) is 47.8 Å². The number of hydrogen-bond acceptors (Lipinski definition) is 3. The predicted octanol–water partition coefficient (Wildman–Crippen LogP) is 5.88. The van der Waals surface area contributed by atoms with Gasteiger partial charge in [0.05, 0.1) is 4.88 Å². The molecule has 2 aromatic carbocycles. The van der Waals surface area contributed by atoms with E-state index in [1.807, 2.05) is 5.38 Å². The number of thiophene rings is 1.